The molecule has 0 spiro atoms. The van der Waals surface area contributed by atoms with Crippen molar-refractivity contribution in [2.24, 2.45) is 35.5 Å². The molecular weight excluding hydrogens is 1180 g/mol. The molecule has 12 radical (unpaired) electrons. The van der Waals surface area contributed by atoms with E-state index in [-0.39, 0.29) is 171 Å². The average Bonchev–Trinajstić information content (AvgIpc) is 2.06. The molecule has 91 heavy (non-hydrogen) atoms. The van der Waals surface area contributed by atoms with E-state index in [1.54, 1.807) is 6.08 Å². The molecule has 0 aliphatic carbocycles. The Morgan fingerprint density at radius 3 is 1.10 bits per heavy atom. The Balaban J connectivity index is 0.00000103. The van der Waals surface area contributed by atoms with Gasteiger partial charge in [0.25, 0.3) is 0 Å². The molecule has 0 aromatic heterocycles. The van der Waals surface area contributed by atoms with Gasteiger partial charge >= 0.3 is 23.9 Å². The lowest BCUT2D eigenvalue weighted by Crippen LogP contribution is -2.36. The minimum absolute atomic E-state index is 0.00231. The molecule has 14 atom stereocenters. The summed E-state index contributed by atoms with van der Waals surface area (Å²) in [5, 5.41) is 38.3. The molecule has 7 aliphatic rings. The molecule has 7 aliphatic heterocycles. The molecule has 5 N–H and O–H groups in total. The molecule has 0 aromatic carbocycles. The van der Waals surface area contributed by atoms with Crippen LogP contribution in [-0.4, -0.2) is 272 Å². The van der Waals surface area contributed by atoms with E-state index in [0.717, 1.165) is 20.9 Å². The van der Waals surface area contributed by atoms with Gasteiger partial charge in [-0.15, -0.1) is 13.2 Å². The van der Waals surface area contributed by atoms with Crippen molar-refractivity contribution in [3.63, 3.8) is 0 Å². The molecule has 7 fully saturated rings. The fourth-order valence-corrected chi connectivity index (χ4v) is 10.2. The van der Waals surface area contributed by atoms with Gasteiger partial charge in [0.15, 0.2) is 0 Å². The number of carbonyl (C=O) groups is 11. The van der Waals surface area contributed by atoms with E-state index in [2.05, 4.69) is 37.4 Å². The molecule has 0 saturated carbocycles. The van der Waals surface area contributed by atoms with Gasteiger partial charge in [0, 0.05) is 87.6 Å². The Labute approximate surface area is 544 Å². The van der Waals surface area contributed by atoms with E-state index in [1.165, 1.54) is 48.9 Å². The van der Waals surface area contributed by atoms with Crippen molar-refractivity contribution in [3.05, 3.63) is 25.3 Å². The number of nitrogens with one attached hydrogen (secondary N) is 1. The molecule has 7 rings (SSSR count). The van der Waals surface area contributed by atoms with Crippen molar-refractivity contribution in [1.82, 2.24) is 34.2 Å². The van der Waals surface area contributed by atoms with Gasteiger partial charge < -0.3 is 78.3 Å². The lowest BCUT2D eigenvalue weighted by atomic mass is 9.96. The highest BCUT2D eigenvalue weighted by Crippen LogP contribution is 2.28. The van der Waals surface area contributed by atoms with Crippen LogP contribution in [0, 0.1) is 35.5 Å². The van der Waals surface area contributed by atoms with Gasteiger partial charge in [-0.2, -0.15) is 0 Å². The molecule has 7 amide bonds. The Hall–Kier alpha value is -6.16. The number of ether oxygens (including phenoxy) is 5. The minimum atomic E-state index is -0.722. The fraction of sp³-hybridized carbons (Fsp3) is 0.741. The quantitative estimate of drug-likeness (QED) is 0.0468. The number of nitrogens with zero attached hydrogens (tertiary/aromatic N) is 6. The van der Waals surface area contributed by atoms with Crippen LogP contribution in [0.25, 0.3) is 0 Å². The number of hydrogen-bond acceptors (Lipinski definition) is 20. The number of methoxy groups -OCH3 is 4. The third kappa shape index (κ3) is 29.1. The van der Waals surface area contributed by atoms with Gasteiger partial charge in [-0.05, 0) is 61.2 Å². The summed E-state index contributed by atoms with van der Waals surface area (Å²) in [6.45, 7) is 18.8. The van der Waals surface area contributed by atoms with Gasteiger partial charge in [0.05, 0.1) is 79.9 Å². The molecule has 7 heterocycles. The molecule has 33 heteroatoms. The Kier molecular flexibility index (Phi) is 41.4. The highest BCUT2D eigenvalue weighted by Gasteiger charge is 2.38. The van der Waals surface area contributed by atoms with Crippen LogP contribution in [0.5, 0.6) is 0 Å². The second-order valence-corrected chi connectivity index (χ2v) is 23.0. The molecule has 7 saturated heterocycles. The average molecular weight is 1270 g/mol. The lowest BCUT2D eigenvalue weighted by molar-refractivity contribution is -0.146. The first-order valence-corrected chi connectivity index (χ1v) is 30.0. The minimum Gasteiger partial charge on any atom is -0.469 e. The highest BCUT2D eigenvalue weighted by atomic mass is 16.6. The summed E-state index contributed by atoms with van der Waals surface area (Å²) >= 11 is 0. The van der Waals surface area contributed by atoms with E-state index in [9.17, 15) is 57.8 Å². The molecule has 0 aromatic rings. The van der Waals surface area contributed by atoms with Crippen LogP contribution in [0.2, 0.25) is 0 Å². The van der Waals surface area contributed by atoms with Crippen molar-refractivity contribution < 1.29 is 96.9 Å². The van der Waals surface area contributed by atoms with Gasteiger partial charge in [0.1, 0.15) is 6.61 Å². The van der Waals surface area contributed by atoms with E-state index in [1.807, 2.05) is 41.5 Å². The summed E-state index contributed by atoms with van der Waals surface area (Å²) in [5.74, 6) is -0.219. The van der Waals surface area contributed by atoms with Gasteiger partial charge in [-0.3, -0.25) is 47.9 Å². The predicted molar refractivity (Wildman–Crippen MR) is 336 cm³/mol. The standard InChI is InChI=1S/C10H16BNO3.2C9H14BNO4.C7H10BNO.2C6H10BNO2.C6H11NO2.C5H8O2/c1-7-6-9(13)12(11)8(7)4-3-5-10(14)15-2;1-6-3-8(12)11(10)7(6)4-15-5-9(13)14-2;1-15-9(14)4-2-3-6-7(12)5-8(13)11(6)10;1-3-6-5(2)4-7(10)9(6)8;2*1-4-2-6(10)8(7)5(4)3-9;1-4-2-6(9)7-5(4)3-8;1-3-4-5(6)7-2/h7-8H,3-6H2,1-2H3;6-7H,3-5H2,1-2H3;6-7,12H,2-5H2,1H3;3,5-6H,1,4H2,2H3;2*4-5,9H,2-3H2,1H3;4-5,8H,2-3H2,1H3,(H,7,9);3H,1,4H2,2H3. The number of amides is 7. The van der Waals surface area contributed by atoms with Crippen molar-refractivity contribution in [1.29, 1.82) is 0 Å². The Bertz CT molecular complexity index is 2220. The number of carbonyl (C=O) groups excluding carboxylic acids is 11. The Morgan fingerprint density at radius 2 is 0.846 bits per heavy atom. The van der Waals surface area contributed by atoms with E-state index >= 15 is 0 Å². The molecule has 14 unspecified atom stereocenters. The van der Waals surface area contributed by atoms with Crippen LogP contribution in [0.3, 0.4) is 0 Å². The van der Waals surface area contributed by atoms with Crippen LogP contribution < -0.4 is 5.32 Å². The number of aliphatic hydroxyl groups is 4. The van der Waals surface area contributed by atoms with Gasteiger partial charge in [-0.1, -0.05) is 53.7 Å². The number of esters is 4. The molecule has 498 valence electrons. The predicted octanol–water partition coefficient (Wildman–Crippen LogP) is -1.15. The summed E-state index contributed by atoms with van der Waals surface area (Å²) in [6, 6.07) is -0.767. The first kappa shape index (κ1) is 84.8. The summed E-state index contributed by atoms with van der Waals surface area (Å²) in [4.78, 5) is 126. The molecule has 0 bridgehead atoms. The van der Waals surface area contributed by atoms with Crippen LogP contribution >= 0.6 is 0 Å². The number of rotatable bonds is 18. The summed E-state index contributed by atoms with van der Waals surface area (Å²) in [6.07, 6.45) is 9.06. The summed E-state index contributed by atoms with van der Waals surface area (Å²) in [7, 11) is 38.1. The zero-order valence-electron chi connectivity index (χ0n) is 54.6. The second kappa shape index (κ2) is 44.4. The third-order valence-electron chi connectivity index (χ3n) is 16.2. The lowest BCUT2D eigenvalue weighted by Gasteiger charge is -2.23. The zero-order valence-corrected chi connectivity index (χ0v) is 54.6. The highest BCUT2D eigenvalue weighted by molar-refractivity contribution is 6.17. The number of aliphatic hydroxyl groups excluding tert-OH is 4. The van der Waals surface area contributed by atoms with Gasteiger partial charge in [0.2, 0.25) is 89.2 Å². The van der Waals surface area contributed by atoms with Crippen molar-refractivity contribution in [2.45, 2.75) is 180 Å². The van der Waals surface area contributed by atoms with Crippen LogP contribution in [0.15, 0.2) is 25.3 Å². The van der Waals surface area contributed by atoms with Crippen molar-refractivity contribution in [3.8, 4) is 0 Å². The maximum atomic E-state index is 11.3. The maximum Gasteiger partial charge on any atom is 0.331 e. The van der Waals surface area contributed by atoms with E-state index in [0.29, 0.717) is 82.5 Å². The zero-order chi connectivity index (χ0) is 70.0. The van der Waals surface area contributed by atoms with Crippen LogP contribution in [-0.2, 0) is 76.4 Å². The summed E-state index contributed by atoms with van der Waals surface area (Å²) in [5.41, 5.74) is 0. The fourth-order valence-electron chi connectivity index (χ4n) is 10.2. The maximum absolute atomic E-state index is 11.3. The first-order chi connectivity index (χ1) is 42.7. The number of hydrogen-bond donors (Lipinski definition) is 5. The van der Waals surface area contributed by atoms with Crippen molar-refractivity contribution >= 4 is 113 Å². The van der Waals surface area contributed by atoms with Crippen LogP contribution in [0.1, 0.15) is 131 Å². The third-order valence-corrected chi connectivity index (χ3v) is 16.2. The SMILES string of the molecule is C=CCC(=O)OC.CC1CC(=O)NC1CO.[B]N1C(=O)CC(C)C1C=C.[B]N1C(=O)CC(C)C1CCCC(=O)OC.[B]N1C(=O)CC(C)C1CO.[B]N1C(=O)CC(C)C1CO.[B]N1C(=O)CC(C)C1COCC(=O)OC.[B]N1C(=O)CC(O)C1CCCC(=O)OC. The molecule has 27 nitrogen and oxygen atoms in total. The van der Waals surface area contributed by atoms with E-state index < -0.39 is 12.1 Å². The van der Waals surface area contributed by atoms with Crippen molar-refractivity contribution in [2.75, 3.05) is 61.5 Å². The first-order valence-electron chi connectivity index (χ1n) is 30.0. The Morgan fingerprint density at radius 1 is 0.484 bits per heavy atom. The normalized spacial score (nSPS) is 27.7. The smallest absolute Gasteiger partial charge is 0.331 e. The largest absolute Gasteiger partial charge is 0.469 e. The second-order valence-electron chi connectivity index (χ2n) is 23.0. The monoisotopic (exact) mass is 1270 g/mol. The topological polar surface area (TPSA) is 346 Å². The summed E-state index contributed by atoms with van der Waals surface area (Å²) < 4.78 is 22.8. The van der Waals surface area contributed by atoms with Gasteiger partial charge in [-0.25, -0.2) is 4.79 Å². The van der Waals surface area contributed by atoms with Crippen LogP contribution in [0.4, 0.5) is 0 Å². The van der Waals surface area contributed by atoms with E-state index in [4.69, 9.17) is 67.9 Å². The molecular formula is C58H93B6N7O20.